The zero-order valence-electron chi connectivity index (χ0n) is 10.5. The Morgan fingerprint density at radius 2 is 1.94 bits per heavy atom. The minimum absolute atomic E-state index is 0.415. The molecule has 1 aromatic carbocycles. The molecule has 5 nitrogen and oxygen atoms in total. The fourth-order valence-electron chi connectivity index (χ4n) is 2.07. The average Bonchev–Trinajstić information content (AvgIpc) is 2.66. The van der Waals surface area contributed by atoms with Gasteiger partial charge >= 0.3 is 0 Å². The molecular formula is C13H20N2O3. The highest BCUT2D eigenvalue weighted by Gasteiger charge is 2.29. The molecule has 0 amide bonds. The third kappa shape index (κ3) is 2.86. The first-order valence-electron chi connectivity index (χ1n) is 6.24. The molecule has 0 spiro atoms. The largest absolute Gasteiger partial charge is 0.493 e. The number of rotatable bonds is 4. The lowest BCUT2D eigenvalue weighted by Gasteiger charge is -2.19. The first kappa shape index (κ1) is 13.0. The van der Waals surface area contributed by atoms with Crippen molar-refractivity contribution in [1.82, 2.24) is 0 Å². The van der Waals surface area contributed by atoms with E-state index in [1.54, 1.807) is 6.07 Å². The van der Waals surface area contributed by atoms with Crippen LogP contribution in [-0.2, 0) is 0 Å². The zero-order chi connectivity index (χ0) is 13.1. The maximum Gasteiger partial charge on any atom is 0.123 e. The van der Waals surface area contributed by atoms with E-state index in [0.717, 1.165) is 17.9 Å². The third-order valence-electron chi connectivity index (χ3n) is 3.01. The number of hydrogen-bond acceptors (Lipinski definition) is 5. The number of nitrogens with zero attached hydrogens (tertiary/aromatic N) is 1. The van der Waals surface area contributed by atoms with E-state index in [4.69, 9.17) is 10.5 Å². The summed E-state index contributed by atoms with van der Waals surface area (Å²) in [5.74, 6) is 0.725. The summed E-state index contributed by atoms with van der Waals surface area (Å²) in [6, 6.07) is 5.49. The van der Waals surface area contributed by atoms with Crippen LogP contribution < -0.4 is 15.4 Å². The minimum atomic E-state index is -0.702. The SMILES string of the molecule is CCCOc1cc(N)cc(N2CC(O)C(O)C2)c1. The lowest BCUT2D eigenvalue weighted by Crippen LogP contribution is -2.22. The summed E-state index contributed by atoms with van der Waals surface area (Å²) in [5, 5.41) is 19.1. The highest BCUT2D eigenvalue weighted by molar-refractivity contribution is 5.61. The van der Waals surface area contributed by atoms with Crippen molar-refractivity contribution < 1.29 is 14.9 Å². The maximum absolute atomic E-state index is 9.56. The first-order chi connectivity index (χ1) is 8.60. The van der Waals surface area contributed by atoms with Gasteiger partial charge in [0.1, 0.15) is 5.75 Å². The number of nitrogen functional groups attached to an aromatic ring is 1. The Morgan fingerprint density at radius 1 is 1.28 bits per heavy atom. The van der Waals surface area contributed by atoms with Gasteiger partial charge in [-0.3, -0.25) is 0 Å². The van der Waals surface area contributed by atoms with Crippen molar-refractivity contribution in [1.29, 1.82) is 0 Å². The molecule has 2 unspecified atom stereocenters. The molecule has 5 heteroatoms. The van der Waals surface area contributed by atoms with Crippen LogP contribution in [0.1, 0.15) is 13.3 Å². The van der Waals surface area contributed by atoms with E-state index in [1.807, 2.05) is 24.0 Å². The summed E-state index contributed by atoms with van der Waals surface area (Å²) in [5.41, 5.74) is 7.33. The van der Waals surface area contributed by atoms with Crippen molar-refractivity contribution >= 4 is 11.4 Å². The number of benzene rings is 1. The van der Waals surface area contributed by atoms with Gasteiger partial charge in [-0.2, -0.15) is 0 Å². The molecule has 18 heavy (non-hydrogen) atoms. The van der Waals surface area contributed by atoms with Crippen molar-refractivity contribution in [2.75, 3.05) is 30.3 Å². The van der Waals surface area contributed by atoms with Crippen LogP contribution in [0.15, 0.2) is 18.2 Å². The van der Waals surface area contributed by atoms with Crippen molar-refractivity contribution in [2.24, 2.45) is 0 Å². The van der Waals surface area contributed by atoms with Crippen molar-refractivity contribution in [3.05, 3.63) is 18.2 Å². The normalized spacial score (nSPS) is 23.4. The topological polar surface area (TPSA) is 79.0 Å². The molecule has 2 atom stereocenters. The van der Waals surface area contributed by atoms with Gasteiger partial charge in [-0.1, -0.05) is 6.92 Å². The Morgan fingerprint density at radius 3 is 2.56 bits per heavy atom. The molecule has 0 aliphatic carbocycles. The number of ether oxygens (including phenoxy) is 1. The van der Waals surface area contributed by atoms with Crippen LogP contribution in [0.3, 0.4) is 0 Å². The maximum atomic E-state index is 9.56. The highest BCUT2D eigenvalue weighted by Crippen LogP contribution is 2.28. The summed E-state index contributed by atoms with van der Waals surface area (Å²) < 4.78 is 5.56. The van der Waals surface area contributed by atoms with E-state index in [0.29, 0.717) is 25.4 Å². The zero-order valence-corrected chi connectivity index (χ0v) is 10.5. The standard InChI is InChI=1S/C13H20N2O3/c1-2-3-18-11-5-9(14)4-10(6-11)15-7-12(16)13(17)8-15/h4-6,12-13,16-17H,2-3,7-8,14H2,1H3. The molecule has 1 aliphatic rings. The molecule has 1 fully saturated rings. The van der Waals surface area contributed by atoms with Gasteiger partial charge < -0.3 is 25.6 Å². The van der Waals surface area contributed by atoms with Crippen LogP contribution in [0.5, 0.6) is 5.75 Å². The fraction of sp³-hybridized carbons (Fsp3) is 0.538. The van der Waals surface area contributed by atoms with Crippen LogP contribution in [0.4, 0.5) is 11.4 Å². The van der Waals surface area contributed by atoms with E-state index in [2.05, 4.69) is 0 Å². The van der Waals surface area contributed by atoms with E-state index >= 15 is 0 Å². The van der Waals surface area contributed by atoms with Gasteiger partial charge in [-0.25, -0.2) is 0 Å². The fourth-order valence-corrected chi connectivity index (χ4v) is 2.07. The molecule has 1 heterocycles. The number of nitrogens with two attached hydrogens (primary N) is 1. The van der Waals surface area contributed by atoms with Gasteiger partial charge in [0, 0.05) is 36.6 Å². The van der Waals surface area contributed by atoms with Gasteiger partial charge in [0.2, 0.25) is 0 Å². The van der Waals surface area contributed by atoms with Crippen molar-refractivity contribution in [3.8, 4) is 5.75 Å². The molecular weight excluding hydrogens is 232 g/mol. The quantitative estimate of drug-likeness (QED) is 0.684. The second-order valence-corrected chi connectivity index (χ2v) is 4.65. The molecule has 2 rings (SSSR count). The predicted octanol–water partition coefficient (Wildman–Crippen LogP) is 0.599. The first-order valence-corrected chi connectivity index (χ1v) is 6.24. The van der Waals surface area contributed by atoms with Gasteiger partial charge in [-0.15, -0.1) is 0 Å². The molecule has 0 bridgehead atoms. The van der Waals surface area contributed by atoms with Gasteiger partial charge in [0.05, 0.1) is 18.8 Å². The number of aliphatic hydroxyl groups excluding tert-OH is 2. The summed E-state index contributed by atoms with van der Waals surface area (Å²) >= 11 is 0. The second-order valence-electron chi connectivity index (χ2n) is 4.65. The predicted molar refractivity (Wildman–Crippen MR) is 70.9 cm³/mol. The van der Waals surface area contributed by atoms with E-state index < -0.39 is 12.2 Å². The minimum Gasteiger partial charge on any atom is -0.493 e. The highest BCUT2D eigenvalue weighted by atomic mass is 16.5. The molecule has 100 valence electrons. The van der Waals surface area contributed by atoms with Crippen molar-refractivity contribution in [3.63, 3.8) is 0 Å². The van der Waals surface area contributed by atoms with E-state index in [-0.39, 0.29) is 0 Å². The lowest BCUT2D eigenvalue weighted by molar-refractivity contribution is 0.0572. The van der Waals surface area contributed by atoms with Crippen LogP contribution in [0, 0.1) is 0 Å². The summed E-state index contributed by atoms with van der Waals surface area (Å²) in [6.07, 6.45) is -0.469. The summed E-state index contributed by atoms with van der Waals surface area (Å²) in [4.78, 5) is 1.91. The number of β-amino-alcohol motifs (C(OH)–C–C–N with tert-alkyl or cyclic N) is 2. The number of anilines is 2. The number of hydrogen-bond donors (Lipinski definition) is 3. The third-order valence-corrected chi connectivity index (χ3v) is 3.01. The summed E-state index contributed by atoms with van der Waals surface area (Å²) in [6.45, 7) is 3.52. The molecule has 1 saturated heterocycles. The van der Waals surface area contributed by atoms with Gasteiger partial charge in [-0.05, 0) is 12.5 Å². The molecule has 4 N–H and O–H groups in total. The molecule has 1 aromatic rings. The Hall–Kier alpha value is -1.46. The van der Waals surface area contributed by atoms with Gasteiger partial charge in [0.15, 0.2) is 0 Å². The molecule has 1 aliphatic heterocycles. The Labute approximate surface area is 107 Å². The smallest absolute Gasteiger partial charge is 0.123 e. The monoisotopic (exact) mass is 252 g/mol. The van der Waals surface area contributed by atoms with Crippen LogP contribution in [-0.4, -0.2) is 42.1 Å². The van der Waals surface area contributed by atoms with Crippen LogP contribution in [0.25, 0.3) is 0 Å². The Bertz CT molecular complexity index is 401. The van der Waals surface area contributed by atoms with Gasteiger partial charge in [0.25, 0.3) is 0 Å². The molecule has 0 radical (unpaired) electrons. The second kappa shape index (κ2) is 5.46. The molecule has 0 aromatic heterocycles. The summed E-state index contributed by atoms with van der Waals surface area (Å²) in [7, 11) is 0. The number of aliphatic hydroxyl groups is 2. The Kier molecular flexibility index (Phi) is 3.93. The average molecular weight is 252 g/mol. The Balaban J connectivity index is 2.15. The molecule has 0 saturated carbocycles. The van der Waals surface area contributed by atoms with Crippen LogP contribution >= 0.6 is 0 Å². The van der Waals surface area contributed by atoms with E-state index in [1.165, 1.54) is 0 Å². The lowest BCUT2D eigenvalue weighted by atomic mass is 10.2. The van der Waals surface area contributed by atoms with Crippen molar-refractivity contribution in [2.45, 2.75) is 25.6 Å². The van der Waals surface area contributed by atoms with Crippen LogP contribution in [0.2, 0.25) is 0 Å². The van der Waals surface area contributed by atoms with E-state index in [9.17, 15) is 10.2 Å².